The van der Waals surface area contributed by atoms with E-state index in [0.29, 0.717) is 37.0 Å². The summed E-state index contributed by atoms with van der Waals surface area (Å²) in [6.45, 7) is 2.63. The lowest BCUT2D eigenvalue weighted by molar-refractivity contribution is -0.142. The molecule has 0 unspecified atom stereocenters. The van der Waals surface area contributed by atoms with E-state index >= 15 is 0 Å². The van der Waals surface area contributed by atoms with Gasteiger partial charge in [-0.1, -0.05) is 0 Å². The molecule has 1 aromatic heterocycles. The second-order valence-electron chi connectivity index (χ2n) is 3.28. The molecule has 0 saturated carbocycles. The first-order chi connectivity index (χ1) is 8.17. The van der Waals surface area contributed by atoms with Crippen molar-refractivity contribution in [2.24, 2.45) is 0 Å². The Bertz CT molecular complexity index is 382. The van der Waals surface area contributed by atoms with E-state index in [9.17, 15) is 4.79 Å². The van der Waals surface area contributed by atoms with Crippen molar-refractivity contribution in [2.45, 2.75) is 13.3 Å². The van der Waals surface area contributed by atoms with Crippen LogP contribution in [0.5, 0.6) is 5.88 Å². The molecule has 6 nitrogen and oxygen atoms in total. The van der Waals surface area contributed by atoms with Gasteiger partial charge < -0.3 is 20.5 Å². The molecule has 17 heavy (non-hydrogen) atoms. The van der Waals surface area contributed by atoms with Gasteiger partial charge in [-0.2, -0.15) is 4.98 Å². The number of anilines is 2. The van der Waals surface area contributed by atoms with Gasteiger partial charge in [0.15, 0.2) is 0 Å². The van der Waals surface area contributed by atoms with Crippen molar-refractivity contribution in [3.05, 3.63) is 12.1 Å². The SMILES string of the molecule is CCOC(=O)CCNc1ccc(N)c(OC)n1. The largest absolute Gasteiger partial charge is 0.479 e. The van der Waals surface area contributed by atoms with Gasteiger partial charge in [0.2, 0.25) is 5.88 Å². The zero-order valence-corrected chi connectivity index (χ0v) is 10.0. The molecule has 0 aromatic carbocycles. The average Bonchev–Trinajstić information content (AvgIpc) is 2.31. The maximum absolute atomic E-state index is 11.1. The minimum atomic E-state index is -0.234. The molecular weight excluding hydrogens is 222 g/mol. The zero-order valence-electron chi connectivity index (χ0n) is 10.0. The van der Waals surface area contributed by atoms with Crippen LogP contribution in [0.3, 0.4) is 0 Å². The molecule has 0 aliphatic heterocycles. The number of nitrogens with zero attached hydrogens (tertiary/aromatic N) is 1. The Morgan fingerprint density at radius 2 is 2.29 bits per heavy atom. The van der Waals surface area contributed by atoms with Crippen molar-refractivity contribution in [1.29, 1.82) is 0 Å². The summed E-state index contributed by atoms with van der Waals surface area (Å²) in [6.07, 6.45) is 0.294. The van der Waals surface area contributed by atoms with E-state index in [1.54, 1.807) is 19.1 Å². The van der Waals surface area contributed by atoms with Crippen molar-refractivity contribution < 1.29 is 14.3 Å². The minimum Gasteiger partial charge on any atom is -0.479 e. The van der Waals surface area contributed by atoms with Gasteiger partial charge in [-0.25, -0.2) is 0 Å². The highest BCUT2D eigenvalue weighted by Crippen LogP contribution is 2.19. The molecule has 0 amide bonds. The van der Waals surface area contributed by atoms with Crippen molar-refractivity contribution in [1.82, 2.24) is 4.98 Å². The molecule has 94 valence electrons. The van der Waals surface area contributed by atoms with Gasteiger partial charge in [0, 0.05) is 6.54 Å². The number of esters is 1. The smallest absolute Gasteiger partial charge is 0.307 e. The Hall–Kier alpha value is -1.98. The number of nitrogens with one attached hydrogen (secondary N) is 1. The van der Waals surface area contributed by atoms with Crippen LogP contribution in [-0.4, -0.2) is 31.2 Å². The minimum absolute atomic E-state index is 0.234. The molecule has 0 spiro atoms. The number of carbonyl (C=O) groups excluding carboxylic acids is 1. The highest BCUT2D eigenvalue weighted by atomic mass is 16.5. The zero-order chi connectivity index (χ0) is 12.7. The molecule has 1 heterocycles. The summed E-state index contributed by atoms with van der Waals surface area (Å²) in [5.41, 5.74) is 6.10. The summed E-state index contributed by atoms with van der Waals surface area (Å²) in [7, 11) is 1.50. The third-order valence-corrected chi connectivity index (χ3v) is 2.02. The molecule has 6 heteroatoms. The van der Waals surface area contributed by atoms with Crippen LogP contribution in [-0.2, 0) is 9.53 Å². The highest BCUT2D eigenvalue weighted by molar-refractivity contribution is 5.70. The van der Waals surface area contributed by atoms with E-state index in [0.717, 1.165) is 0 Å². The average molecular weight is 239 g/mol. The fourth-order valence-corrected chi connectivity index (χ4v) is 1.24. The number of hydrogen-bond donors (Lipinski definition) is 2. The number of pyridine rings is 1. The molecule has 0 radical (unpaired) electrons. The van der Waals surface area contributed by atoms with E-state index in [4.69, 9.17) is 15.2 Å². The van der Waals surface area contributed by atoms with Gasteiger partial charge in [-0.15, -0.1) is 0 Å². The lowest BCUT2D eigenvalue weighted by Gasteiger charge is -2.08. The van der Waals surface area contributed by atoms with Gasteiger partial charge in [-0.05, 0) is 19.1 Å². The molecular formula is C11H17N3O3. The van der Waals surface area contributed by atoms with Crippen LogP contribution >= 0.6 is 0 Å². The number of aromatic nitrogens is 1. The quantitative estimate of drug-likeness (QED) is 0.721. The fraction of sp³-hybridized carbons (Fsp3) is 0.455. The lowest BCUT2D eigenvalue weighted by atomic mass is 10.3. The van der Waals surface area contributed by atoms with E-state index in [2.05, 4.69) is 10.3 Å². The van der Waals surface area contributed by atoms with Crippen molar-refractivity contribution in [2.75, 3.05) is 31.3 Å². The standard InChI is InChI=1S/C11H17N3O3/c1-3-17-10(15)6-7-13-9-5-4-8(12)11(14-9)16-2/h4-5H,3,6-7,12H2,1-2H3,(H,13,14). The van der Waals surface area contributed by atoms with Crippen molar-refractivity contribution in [3.63, 3.8) is 0 Å². The maximum Gasteiger partial charge on any atom is 0.307 e. The molecule has 0 aliphatic rings. The summed E-state index contributed by atoms with van der Waals surface area (Å²) < 4.78 is 9.78. The molecule has 1 aromatic rings. The molecule has 1 rings (SSSR count). The Labute approximate surface area is 100 Å². The Morgan fingerprint density at radius 3 is 2.94 bits per heavy atom. The molecule has 0 bridgehead atoms. The third kappa shape index (κ3) is 4.18. The summed E-state index contributed by atoms with van der Waals surface area (Å²) in [5.74, 6) is 0.744. The van der Waals surface area contributed by atoms with E-state index in [1.807, 2.05) is 0 Å². The van der Waals surface area contributed by atoms with Gasteiger partial charge in [0.25, 0.3) is 0 Å². The summed E-state index contributed by atoms with van der Waals surface area (Å²) in [5, 5.41) is 2.99. The van der Waals surface area contributed by atoms with Crippen LogP contribution in [0.1, 0.15) is 13.3 Å². The summed E-state index contributed by atoms with van der Waals surface area (Å²) >= 11 is 0. The predicted octanol–water partition coefficient (Wildman–Crippen LogP) is 1.04. The number of methoxy groups -OCH3 is 1. The van der Waals surface area contributed by atoms with E-state index < -0.39 is 0 Å². The number of nitrogens with two attached hydrogens (primary N) is 1. The molecule has 0 atom stereocenters. The number of nitrogen functional groups attached to an aromatic ring is 1. The van der Waals surface area contributed by atoms with E-state index in [-0.39, 0.29) is 5.97 Å². The van der Waals surface area contributed by atoms with Gasteiger partial charge >= 0.3 is 5.97 Å². The van der Waals surface area contributed by atoms with Crippen LogP contribution in [0, 0.1) is 0 Å². The van der Waals surface area contributed by atoms with Crippen LogP contribution in [0.4, 0.5) is 11.5 Å². The molecule has 0 fully saturated rings. The summed E-state index contributed by atoms with van der Waals surface area (Å²) in [4.78, 5) is 15.2. The van der Waals surface area contributed by atoms with Crippen LogP contribution in [0.25, 0.3) is 0 Å². The van der Waals surface area contributed by atoms with Gasteiger partial charge in [0.1, 0.15) is 5.82 Å². The lowest BCUT2D eigenvalue weighted by Crippen LogP contribution is -2.12. The Morgan fingerprint density at radius 1 is 1.53 bits per heavy atom. The monoisotopic (exact) mass is 239 g/mol. The van der Waals surface area contributed by atoms with Crippen LogP contribution < -0.4 is 15.8 Å². The molecule has 3 N–H and O–H groups in total. The van der Waals surface area contributed by atoms with Crippen LogP contribution in [0.2, 0.25) is 0 Å². The first-order valence-electron chi connectivity index (χ1n) is 5.37. The second-order valence-corrected chi connectivity index (χ2v) is 3.28. The third-order valence-electron chi connectivity index (χ3n) is 2.02. The van der Waals surface area contributed by atoms with Crippen molar-refractivity contribution >= 4 is 17.5 Å². The first kappa shape index (κ1) is 13.1. The fourth-order valence-electron chi connectivity index (χ4n) is 1.24. The topological polar surface area (TPSA) is 86.5 Å². The first-order valence-corrected chi connectivity index (χ1v) is 5.37. The second kappa shape index (κ2) is 6.57. The number of rotatable bonds is 6. The normalized spacial score (nSPS) is 9.76. The Kier molecular flexibility index (Phi) is 5.06. The molecule has 0 saturated heterocycles. The van der Waals surface area contributed by atoms with Crippen molar-refractivity contribution in [3.8, 4) is 5.88 Å². The number of hydrogen-bond acceptors (Lipinski definition) is 6. The number of ether oxygens (including phenoxy) is 2. The number of carbonyl (C=O) groups is 1. The summed E-state index contributed by atoms with van der Waals surface area (Å²) in [6, 6.07) is 3.42. The van der Waals surface area contributed by atoms with Gasteiger partial charge in [0.05, 0.1) is 25.8 Å². The predicted molar refractivity (Wildman–Crippen MR) is 64.9 cm³/mol. The highest BCUT2D eigenvalue weighted by Gasteiger charge is 2.04. The van der Waals surface area contributed by atoms with E-state index in [1.165, 1.54) is 7.11 Å². The van der Waals surface area contributed by atoms with Gasteiger partial charge in [-0.3, -0.25) is 4.79 Å². The van der Waals surface area contributed by atoms with Crippen LogP contribution in [0.15, 0.2) is 12.1 Å². The Balaban J connectivity index is 2.44. The molecule has 0 aliphatic carbocycles. The maximum atomic E-state index is 11.1.